The molecule has 1 heterocycles. The van der Waals surface area contributed by atoms with Crippen LogP contribution in [0.2, 0.25) is 0 Å². The number of nitrogens with zero attached hydrogens (tertiary/aromatic N) is 1. The lowest BCUT2D eigenvalue weighted by molar-refractivity contribution is -0.118. The first-order valence-corrected chi connectivity index (χ1v) is 7.37. The fraction of sp³-hybridized carbons (Fsp3) is 0.429. The molecule has 3 N–H and O–H groups in total. The van der Waals surface area contributed by atoms with Gasteiger partial charge in [-0.15, -0.1) is 0 Å². The average Bonchev–Trinajstić information content (AvgIpc) is 2.86. The van der Waals surface area contributed by atoms with Crippen LogP contribution in [-0.4, -0.2) is 24.0 Å². The number of thiazole rings is 1. The number of aromatic nitrogens is 1. The number of anilines is 1. The lowest BCUT2D eigenvalue weighted by Gasteiger charge is -2.16. The highest BCUT2D eigenvalue weighted by atomic mass is 32.1. The van der Waals surface area contributed by atoms with Crippen LogP contribution >= 0.6 is 11.3 Å². The van der Waals surface area contributed by atoms with Crippen LogP contribution in [0.25, 0.3) is 10.2 Å². The summed E-state index contributed by atoms with van der Waals surface area (Å²) in [6.07, 6.45) is 0.867. The number of rotatable bonds is 5. The van der Waals surface area contributed by atoms with E-state index in [0.29, 0.717) is 5.13 Å². The predicted molar refractivity (Wildman–Crippen MR) is 82.2 cm³/mol. The van der Waals surface area contributed by atoms with E-state index in [1.807, 2.05) is 32.0 Å². The van der Waals surface area contributed by atoms with Crippen molar-refractivity contribution in [3.05, 3.63) is 18.2 Å². The summed E-state index contributed by atoms with van der Waals surface area (Å²) in [6.45, 7) is 3.98. The molecule has 2 atom stereocenters. The molecule has 0 saturated heterocycles. The molecular formula is C14H19N3O2S. The Morgan fingerprint density at radius 2 is 2.30 bits per heavy atom. The summed E-state index contributed by atoms with van der Waals surface area (Å²) >= 11 is 1.41. The highest BCUT2D eigenvalue weighted by Gasteiger charge is 2.20. The lowest BCUT2D eigenvalue weighted by atomic mass is 10.00. The molecular weight excluding hydrogens is 274 g/mol. The molecule has 0 spiro atoms. The normalized spacial score (nSPS) is 14.0. The van der Waals surface area contributed by atoms with Gasteiger partial charge in [0.2, 0.25) is 5.91 Å². The second kappa shape index (κ2) is 6.19. The van der Waals surface area contributed by atoms with Crippen LogP contribution in [0.5, 0.6) is 5.75 Å². The maximum absolute atomic E-state index is 12.0. The number of benzene rings is 1. The second-order valence-electron chi connectivity index (χ2n) is 4.75. The Bertz CT molecular complexity index is 611. The molecule has 1 aromatic heterocycles. The number of hydrogen-bond donors (Lipinski definition) is 2. The van der Waals surface area contributed by atoms with Crippen molar-refractivity contribution in [1.29, 1.82) is 0 Å². The lowest BCUT2D eigenvalue weighted by Crippen LogP contribution is -2.40. The van der Waals surface area contributed by atoms with E-state index in [9.17, 15) is 4.79 Å². The maximum atomic E-state index is 12.0. The molecule has 6 heteroatoms. The van der Waals surface area contributed by atoms with Gasteiger partial charge in [0.1, 0.15) is 5.75 Å². The molecule has 1 amide bonds. The first-order chi connectivity index (χ1) is 9.55. The Morgan fingerprint density at radius 1 is 1.55 bits per heavy atom. The molecule has 0 aliphatic heterocycles. The summed E-state index contributed by atoms with van der Waals surface area (Å²) in [5.74, 6) is 0.727. The molecule has 1 aromatic carbocycles. The molecule has 2 rings (SSSR count). The molecule has 2 aromatic rings. The number of carbonyl (C=O) groups is 1. The van der Waals surface area contributed by atoms with E-state index >= 15 is 0 Å². The summed E-state index contributed by atoms with van der Waals surface area (Å²) < 4.78 is 6.14. The van der Waals surface area contributed by atoms with E-state index in [0.717, 1.165) is 22.4 Å². The summed E-state index contributed by atoms with van der Waals surface area (Å²) in [5, 5.41) is 3.35. The first-order valence-electron chi connectivity index (χ1n) is 6.56. The van der Waals surface area contributed by atoms with Crippen molar-refractivity contribution >= 4 is 32.6 Å². The fourth-order valence-corrected chi connectivity index (χ4v) is 2.68. The molecule has 20 heavy (non-hydrogen) atoms. The van der Waals surface area contributed by atoms with Crippen LogP contribution in [0.15, 0.2) is 18.2 Å². The van der Waals surface area contributed by atoms with Gasteiger partial charge in [0.15, 0.2) is 5.13 Å². The average molecular weight is 293 g/mol. The number of nitrogens with one attached hydrogen (secondary N) is 1. The van der Waals surface area contributed by atoms with Gasteiger partial charge in [-0.05, 0) is 24.1 Å². The topological polar surface area (TPSA) is 77.2 Å². The highest BCUT2D eigenvalue weighted by molar-refractivity contribution is 7.22. The number of amides is 1. The molecule has 0 aliphatic rings. The van der Waals surface area contributed by atoms with E-state index in [4.69, 9.17) is 10.5 Å². The third kappa shape index (κ3) is 3.08. The van der Waals surface area contributed by atoms with Crippen molar-refractivity contribution in [2.24, 2.45) is 11.7 Å². The van der Waals surface area contributed by atoms with E-state index < -0.39 is 6.04 Å². The van der Waals surface area contributed by atoms with Gasteiger partial charge in [-0.3, -0.25) is 4.79 Å². The van der Waals surface area contributed by atoms with Gasteiger partial charge in [0, 0.05) is 0 Å². The first kappa shape index (κ1) is 14.7. The number of fused-ring (bicyclic) bond motifs is 1. The molecule has 0 bridgehead atoms. The minimum atomic E-state index is -0.512. The number of hydrogen-bond acceptors (Lipinski definition) is 5. The number of ether oxygens (including phenoxy) is 1. The van der Waals surface area contributed by atoms with Crippen molar-refractivity contribution in [1.82, 2.24) is 4.98 Å². The van der Waals surface area contributed by atoms with Gasteiger partial charge < -0.3 is 15.8 Å². The summed E-state index contributed by atoms with van der Waals surface area (Å²) in [5.41, 5.74) is 6.74. The molecule has 108 valence electrons. The summed E-state index contributed by atoms with van der Waals surface area (Å²) in [6, 6.07) is 5.10. The number of nitrogens with two attached hydrogens (primary N) is 1. The maximum Gasteiger partial charge on any atom is 0.243 e. The minimum Gasteiger partial charge on any atom is -0.497 e. The van der Waals surface area contributed by atoms with Crippen LogP contribution in [0.4, 0.5) is 5.13 Å². The van der Waals surface area contributed by atoms with E-state index in [1.165, 1.54) is 11.3 Å². The molecule has 0 aliphatic carbocycles. The van der Waals surface area contributed by atoms with Gasteiger partial charge in [0.05, 0.1) is 23.4 Å². The van der Waals surface area contributed by atoms with Crippen molar-refractivity contribution in [2.75, 3.05) is 12.4 Å². The van der Waals surface area contributed by atoms with Crippen LogP contribution in [-0.2, 0) is 4.79 Å². The number of methoxy groups -OCH3 is 1. The molecule has 5 nitrogen and oxygen atoms in total. The minimum absolute atomic E-state index is 0.143. The van der Waals surface area contributed by atoms with Gasteiger partial charge in [-0.25, -0.2) is 4.98 Å². The van der Waals surface area contributed by atoms with Crippen molar-refractivity contribution in [3.8, 4) is 5.75 Å². The van der Waals surface area contributed by atoms with Gasteiger partial charge in [0.25, 0.3) is 0 Å². The zero-order valence-corrected chi connectivity index (χ0v) is 12.7. The third-order valence-corrected chi connectivity index (χ3v) is 4.32. The summed E-state index contributed by atoms with van der Waals surface area (Å²) in [7, 11) is 1.62. The van der Waals surface area contributed by atoms with Crippen molar-refractivity contribution in [3.63, 3.8) is 0 Å². The van der Waals surface area contributed by atoms with Crippen LogP contribution in [0.3, 0.4) is 0 Å². The SMILES string of the molecule is CCC(C)[C@H](N)C(=O)Nc1nc2ccc(OC)cc2s1. The van der Waals surface area contributed by atoms with Crippen LogP contribution < -0.4 is 15.8 Å². The Balaban J connectivity index is 2.15. The Kier molecular flexibility index (Phi) is 4.57. The highest BCUT2D eigenvalue weighted by Crippen LogP contribution is 2.29. The van der Waals surface area contributed by atoms with Crippen molar-refractivity contribution in [2.45, 2.75) is 26.3 Å². The molecule has 0 fully saturated rings. The third-order valence-electron chi connectivity index (χ3n) is 3.39. The monoisotopic (exact) mass is 293 g/mol. The zero-order chi connectivity index (χ0) is 14.7. The summed E-state index contributed by atoms with van der Waals surface area (Å²) in [4.78, 5) is 16.4. The fourth-order valence-electron chi connectivity index (χ4n) is 1.79. The van der Waals surface area contributed by atoms with E-state index in [2.05, 4.69) is 10.3 Å². The standard InChI is InChI=1S/C14H19N3O2S/c1-4-8(2)12(15)13(18)17-14-16-10-6-5-9(19-3)7-11(10)20-14/h5-8,12H,4,15H2,1-3H3,(H,16,17,18)/t8?,12-/m0/s1. The Hall–Kier alpha value is -1.66. The Labute approximate surface area is 122 Å². The predicted octanol–water partition coefficient (Wildman–Crippen LogP) is 2.62. The second-order valence-corrected chi connectivity index (χ2v) is 5.78. The van der Waals surface area contributed by atoms with Crippen LogP contribution in [0.1, 0.15) is 20.3 Å². The van der Waals surface area contributed by atoms with Crippen LogP contribution in [0, 0.1) is 5.92 Å². The van der Waals surface area contributed by atoms with Gasteiger partial charge in [-0.2, -0.15) is 0 Å². The Morgan fingerprint density at radius 3 is 2.95 bits per heavy atom. The largest absolute Gasteiger partial charge is 0.497 e. The smallest absolute Gasteiger partial charge is 0.243 e. The van der Waals surface area contributed by atoms with Gasteiger partial charge in [-0.1, -0.05) is 31.6 Å². The quantitative estimate of drug-likeness (QED) is 0.888. The zero-order valence-electron chi connectivity index (χ0n) is 11.8. The number of carbonyl (C=O) groups excluding carboxylic acids is 1. The van der Waals surface area contributed by atoms with E-state index in [1.54, 1.807) is 7.11 Å². The molecule has 0 saturated carbocycles. The molecule has 1 unspecified atom stereocenters. The van der Waals surface area contributed by atoms with E-state index in [-0.39, 0.29) is 11.8 Å². The van der Waals surface area contributed by atoms with Gasteiger partial charge >= 0.3 is 0 Å². The molecule has 0 radical (unpaired) electrons. The van der Waals surface area contributed by atoms with Crippen molar-refractivity contribution < 1.29 is 9.53 Å².